The SMILES string of the molecule is CC1(C)CC2(C=CC(=O)c3ccccc32)C(C2(c3ccccc3)CCCC2)=N1. The van der Waals surface area contributed by atoms with Crippen LogP contribution in [-0.2, 0) is 10.8 Å². The van der Waals surface area contributed by atoms with Crippen LogP contribution in [0.1, 0.15) is 67.4 Å². The Morgan fingerprint density at radius 1 is 0.893 bits per heavy atom. The number of hydrogen-bond donors (Lipinski definition) is 0. The topological polar surface area (TPSA) is 29.4 Å². The first-order valence-electron chi connectivity index (χ1n) is 10.5. The average Bonchev–Trinajstić information content (AvgIpc) is 3.30. The molecule has 0 amide bonds. The molecule has 1 fully saturated rings. The van der Waals surface area contributed by atoms with E-state index < -0.39 is 0 Å². The fourth-order valence-electron chi connectivity index (χ4n) is 5.99. The van der Waals surface area contributed by atoms with Gasteiger partial charge in [0.15, 0.2) is 5.78 Å². The highest BCUT2D eigenvalue weighted by molar-refractivity contribution is 6.14. The zero-order chi connectivity index (χ0) is 19.4. The van der Waals surface area contributed by atoms with E-state index in [-0.39, 0.29) is 22.2 Å². The smallest absolute Gasteiger partial charge is 0.185 e. The maximum atomic E-state index is 12.6. The maximum absolute atomic E-state index is 12.6. The molecular weight excluding hydrogens is 342 g/mol. The number of nitrogens with zero attached hydrogens (tertiary/aromatic N) is 1. The van der Waals surface area contributed by atoms with Crippen LogP contribution in [-0.4, -0.2) is 17.0 Å². The van der Waals surface area contributed by atoms with Gasteiger partial charge in [0.25, 0.3) is 0 Å². The van der Waals surface area contributed by atoms with Crippen molar-refractivity contribution in [2.75, 3.05) is 0 Å². The monoisotopic (exact) mass is 369 g/mol. The first-order chi connectivity index (χ1) is 13.5. The number of fused-ring (bicyclic) bond motifs is 2. The molecule has 0 radical (unpaired) electrons. The minimum atomic E-state index is -0.284. The Labute approximate surface area is 167 Å². The highest BCUT2D eigenvalue weighted by atomic mass is 16.1. The minimum absolute atomic E-state index is 0.0349. The number of carbonyl (C=O) groups is 1. The lowest BCUT2D eigenvalue weighted by Crippen LogP contribution is -2.46. The van der Waals surface area contributed by atoms with Gasteiger partial charge in [-0.15, -0.1) is 0 Å². The first-order valence-corrected chi connectivity index (χ1v) is 10.5. The van der Waals surface area contributed by atoms with Crippen LogP contribution in [0.5, 0.6) is 0 Å². The van der Waals surface area contributed by atoms with Crippen molar-refractivity contribution < 1.29 is 4.79 Å². The molecule has 1 atom stereocenters. The van der Waals surface area contributed by atoms with E-state index in [9.17, 15) is 4.79 Å². The van der Waals surface area contributed by atoms with E-state index in [2.05, 4.69) is 62.4 Å². The second kappa shape index (κ2) is 6.01. The lowest BCUT2D eigenvalue weighted by atomic mass is 9.59. The lowest BCUT2D eigenvalue weighted by molar-refractivity contribution is 0.104. The summed E-state index contributed by atoms with van der Waals surface area (Å²) in [7, 11) is 0. The molecular formula is C26H27NO. The molecule has 2 aromatic carbocycles. The van der Waals surface area contributed by atoms with Gasteiger partial charge in [-0.25, -0.2) is 0 Å². The summed E-state index contributed by atoms with van der Waals surface area (Å²) in [6.07, 6.45) is 9.63. The third kappa shape index (κ3) is 2.40. The Hall–Kier alpha value is -2.48. The van der Waals surface area contributed by atoms with Crippen molar-refractivity contribution in [3.8, 4) is 0 Å². The van der Waals surface area contributed by atoms with Crippen molar-refractivity contribution in [1.29, 1.82) is 0 Å². The molecule has 5 rings (SSSR count). The fourth-order valence-corrected chi connectivity index (χ4v) is 5.99. The summed E-state index contributed by atoms with van der Waals surface area (Å²) >= 11 is 0. The molecule has 2 aliphatic carbocycles. The van der Waals surface area contributed by atoms with Crippen LogP contribution in [0.3, 0.4) is 0 Å². The predicted molar refractivity (Wildman–Crippen MR) is 114 cm³/mol. The van der Waals surface area contributed by atoms with Crippen molar-refractivity contribution in [3.63, 3.8) is 0 Å². The molecule has 1 heterocycles. The molecule has 0 N–H and O–H groups in total. The third-order valence-corrected chi connectivity index (χ3v) is 6.98. The second-order valence-corrected chi connectivity index (χ2v) is 9.32. The van der Waals surface area contributed by atoms with Crippen LogP contribution >= 0.6 is 0 Å². The molecule has 2 heteroatoms. The van der Waals surface area contributed by atoms with E-state index in [1.54, 1.807) is 6.08 Å². The number of ketones is 1. The molecule has 1 saturated carbocycles. The normalized spacial score (nSPS) is 27.1. The number of rotatable bonds is 2. The quantitative estimate of drug-likeness (QED) is 0.656. The summed E-state index contributed by atoms with van der Waals surface area (Å²) in [6.45, 7) is 4.48. The molecule has 0 aromatic heterocycles. The Morgan fingerprint density at radius 2 is 1.57 bits per heavy atom. The van der Waals surface area contributed by atoms with Gasteiger partial charge in [0.1, 0.15) is 0 Å². The van der Waals surface area contributed by atoms with Gasteiger partial charge >= 0.3 is 0 Å². The van der Waals surface area contributed by atoms with Crippen LogP contribution in [0.2, 0.25) is 0 Å². The predicted octanol–water partition coefficient (Wildman–Crippen LogP) is 5.81. The van der Waals surface area contributed by atoms with Gasteiger partial charge in [0, 0.05) is 16.7 Å². The lowest BCUT2D eigenvalue weighted by Gasteiger charge is -2.42. The molecule has 3 aliphatic rings. The molecule has 28 heavy (non-hydrogen) atoms. The van der Waals surface area contributed by atoms with Crippen molar-refractivity contribution in [3.05, 3.63) is 83.4 Å². The van der Waals surface area contributed by atoms with Crippen molar-refractivity contribution in [2.24, 2.45) is 4.99 Å². The molecule has 1 spiro atoms. The summed E-state index contributed by atoms with van der Waals surface area (Å²) in [6, 6.07) is 19.1. The summed E-state index contributed by atoms with van der Waals surface area (Å²) in [5.74, 6) is 0.116. The Balaban J connectivity index is 1.78. The van der Waals surface area contributed by atoms with Gasteiger partial charge in [0.2, 0.25) is 0 Å². The van der Waals surface area contributed by atoms with Gasteiger partial charge in [-0.2, -0.15) is 0 Å². The van der Waals surface area contributed by atoms with E-state index >= 15 is 0 Å². The van der Waals surface area contributed by atoms with E-state index in [4.69, 9.17) is 4.99 Å². The van der Waals surface area contributed by atoms with E-state index in [1.165, 1.54) is 24.1 Å². The van der Waals surface area contributed by atoms with E-state index in [0.29, 0.717) is 0 Å². The molecule has 0 saturated heterocycles. The molecule has 1 aliphatic heterocycles. The van der Waals surface area contributed by atoms with E-state index in [1.807, 2.05) is 12.1 Å². The van der Waals surface area contributed by atoms with Gasteiger partial charge < -0.3 is 0 Å². The van der Waals surface area contributed by atoms with Crippen molar-refractivity contribution >= 4 is 11.5 Å². The Kier molecular flexibility index (Phi) is 3.78. The molecule has 1 unspecified atom stereocenters. The fraction of sp³-hybridized carbons (Fsp3) is 0.385. The first kappa shape index (κ1) is 17.6. The van der Waals surface area contributed by atoms with Crippen molar-refractivity contribution in [2.45, 2.75) is 62.3 Å². The highest BCUT2D eigenvalue weighted by Gasteiger charge is 2.56. The number of hydrogen-bond acceptors (Lipinski definition) is 2. The zero-order valence-corrected chi connectivity index (χ0v) is 16.7. The maximum Gasteiger partial charge on any atom is 0.185 e. The van der Waals surface area contributed by atoms with Crippen LogP contribution in [0, 0.1) is 0 Å². The second-order valence-electron chi connectivity index (χ2n) is 9.32. The average molecular weight is 370 g/mol. The number of aliphatic imine (C=N–C) groups is 1. The van der Waals surface area contributed by atoms with Crippen molar-refractivity contribution in [1.82, 2.24) is 0 Å². The minimum Gasteiger partial charge on any atom is -0.289 e. The van der Waals surface area contributed by atoms with Crippen LogP contribution in [0.25, 0.3) is 0 Å². The number of carbonyl (C=O) groups excluding carboxylic acids is 1. The zero-order valence-electron chi connectivity index (χ0n) is 16.7. The van der Waals surface area contributed by atoms with Gasteiger partial charge in [-0.05, 0) is 50.3 Å². The molecule has 0 bridgehead atoms. The number of benzene rings is 2. The van der Waals surface area contributed by atoms with Gasteiger partial charge in [-0.3, -0.25) is 9.79 Å². The van der Waals surface area contributed by atoms with E-state index in [0.717, 1.165) is 30.4 Å². The van der Waals surface area contributed by atoms with Gasteiger partial charge in [-0.1, -0.05) is 73.5 Å². The Morgan fingerprint density at radius 3 is 2.32 bits per heavy atom. The van der Waals surface area contributed by atoms with Crippen LogP contribution < -0.4 is 0 Å². The summed E-state index contributed by atoms with van der Waals surface area (Å²) < 4.78 is 0. The Bertz CT molecular complexity index is 992. The number of allylic oxidation sites excluding steroid dienone is 2. The molecule has 2 aromatic rings. The molecule has 142 valence electrons. The summed E-state index contributed by atoms with van der Waals surface area (Å²) in [5, 5.41) is 0. The standard InChI is InChI=1S/C26H27NO/c1-24(2)18-26(17-14-22(28)20-12-6-7-13-21(20)26)23(27-24)25(15-8-9-16-25)19-10-4-3-5-11-19/h3-7,10-14,17H,8-9,15-16,18H2,1-2H3. The highest BCUT2D eigenvalue weighted by Crippen LogP contribution is 2.55. The summed E-state index contributed by atoms with van der Waals surface area (Å²) in [4.78, 5) is 18.0. The largest absolute Gasteiger partial charge is 0.289 e. The van der Waals surface area contributed by atoms with Crippen LogP contribution in [0.4, 0.5) is 0 Å². The molecule has 2 nitrogen and oxygen atoms in total. The van der Waals surface area contributed by atoms with Gasteiger partial charge in [0.05, 0.1) is 11.0 Å². The third-order valence-electron chi connectivity index (χ3n) is 6.98. The summed E-state index contributed by atoms with van der Waals surface area (Å²) in [5.41, 5.74) is 4.19. The van der Waals surface area contributed by atoms with Crippen LogP contribution in [0.15, 0.2) is 71.7 Å².